The number of carbonyl (C=O) groups is 1. The van der Waals surface area contributed by atoms with Crippen LogP contribution in [0.5, 0.6) is 0 Å². The van der Waals surface area contributed by atoms with Gasteiger partial charge in [-0.2, -0.15) is 0 Å². The summed E-state index contributed by atoms with van der Waals surface area (Å²) in [6, 6.07) is 10.6. The van der Waals surface area contributed by atoms with Crippen LogP contribution in [0, 0.1) is 13.8 Å². The predicted octanol–water partition coefficient (Wildman–Crippen LogP) is 4.79. The Bertz CT molecular complexity index is 848. The monoisotopic (exact) mass is 342 g/mol. The van der Waals surface area contributed by atoms with E-state index in [9.17, 15) is 4.79 Å². The first-order chi connectivity index (χ1) is 11.0. The highest BCUT2D eigenvalue weighted by Gasteiger charge is 2.11. The van der Waals surface area contributed by atoms with Crippen molar-refractivity contribution in [3.63, 3.8) is 0 Å². The normalized spacial score (nSPS) is 10.7. The van der Waals surface area contributed by atoms with Gasteiger partial charge in [-0.3, -0.25) is 4.79 Å². The van der Waals surface area contributed by atoms with Gasteiger partial charge in [0.25, 0.3) is 0 Å². The molecule has 1 N–H and O–H groups in total. The Labute approximate surface area is 144 Å². The van der Waals surface area contributed by atoms with Gasteiger partial charge in [0.15, 0.2) is 0 Å². The highest BCUT2D eigenvalue weighted by Crippen LogP contribution is 2.34. The molecular formula is C18H18N2OS2. The fourth-order valence-corrected chi connectivity index (χ4v) is 4.28. The summed E-state index contributed by atoms with van der Waals surface area (Å²) in [5.41, 5.74) is 4.72. The summed E-state index contributed by atoms with van der Waals surface area (Å²) in [4.78, 5) is 18.1. The lowest BCUT2D eigenvalue weighted by Crippen LogP contribution is -2.17. The van der Waals surface area contributed by atoms with Gasteiger partial charge in [-0.25, -0.2) is 4.98 Å². The van der Waals surface area contributed by atoms with Crippen molar-refractivity contribution in [1.82, 2.24) is 10.3 Å². The number of nitrogens with zero attached hydrogens (tertiary/aromatic N) is 1. The lowest BCUT2D eigenvalue weighted by molar-refractivity contribution is -0.119. The van der Waals surface area contributed by atoms with Crippen molar-refractivity contribution >= 4 is 28.6 Å². The molecule has 0 aliphatic heterocycles. The molecule has 1 amide bonds. The number of aryl methyl sites for hydroxylation is 2. The minimum Gasteiger partial charge on any atom is -0.351 e. The second-order valence-electron chi connectivity index (χ2n) is 5.53. The van der Waals surface area contributed by atoms with Gasteiger partial charge < -0.3 is 5.32 Å². The van der Waals surface area contributed by atoms with E-state index in [4.69, 9.17) is 4.98 Å². The van der Waals surface area contributed by atoms with Crippen molar-refractivity contribution in [3.05, 3.63) is 51.7 Å². The lowest BCUT2D eigenvalue weighted by atomic mass is 10.1. The van der Waals surface area contributed by atoms with Crippen molar-refractivity contribution in [3.8, 4) is 21.1 Å². The Morgan fingerprint density at radius 2 is 2.04 bits per heavy atom. The smallest absolute Gasteiger partial charge is 0.217 e. The van der Waals surface area contributed by atoms with E-state index in [0.717, 1.165) is 20.5 Å². The number of thiazole rings is 1. The summed E-state index contributed by atoms with van der Waals surface area (Å²) in [6.07, 6.45) is 0. The summed E-state index contributed by atoms with van der Waals surface area (Å²) < 4.78 is 0. The Balaban J connectivity index is 1.83. The van der Waals surface area contributed by atoms with Crippen LogP contribution in [-0.4, -0.2) is 10.9 Å². The average molecular weight is 342 g/mol. The third-order valence-corrected chi connectivity index (χ3v) is 5.53. The highest BCUT2D eigenvalue weighted by molar-refractivity contribution is 7.16. The van der Waals surface area contributed by atoms with Crippen LogP contribution in [0.4, 0.5) is 0 Å². The standard InChI is InChI=1S/C18H18N2OS2/c1-11-4-6-15(12(2)8-11)18-20-16(10-22-18)17-7-5-14(23-17)9-19-13(3)21/h4-8,10H,9H2,1-3H3,(H,19,21). The zero-order valence-corrected chi connectivity index (χ0v) is 15.0. The van der Waals surface area contributed by atoms with Crippen LogP contribution in [0.25, 0.3) is 21.1 Å². The van der Waals surface area contributed by atoms with Crippen molar-refractivity contribution in [2.75, 3.05) is 0 Å². The van der Waals surface area contributed by atoms with E-state index < -0.39 is 0 Å². The van der Waals surface area contributed by atoms with Crippen LogP contribution in [-0.2, 0) is 11.3 Å². The van der Waals surface area contributed by atoms with Gasteiger partial charge in [-0.05, 0) is 31.5 Å². The molecule has 0 atom stereocenters. The molecule has 0 spiro atoms. The van der Waals surface area contributed by atoms with Crippen LogP contribution < -0.4 is 5.32 Å². The molecule has 0 saturated carbocycles. The zero-order chi connectivity index (χ0) is 16.4. The second-order valence-corrected chi connectivity index (χ2v) is 7.56. The molecule has 3 nitrogen and oxygen atoms in total. The van der Waals surface area contributed by atoms with Gasteiger partial charge in [0.2, 0.25) is 5.91 Å². The molecular weight excluding hydrogens is 324 g/mol. The van der Waals surface area contributed by atoms with Crippen LogP contribution >= 0.6 is 22.7 Å². The number of thiophene rings is 1. The fraction of sp³-hybridized carbons (Fsp3) is 0.222. The number of hydrogen-bond donors (Lipinski definition) is 1. The maximum Gasteiger partial charge on any atom is 0.217 e. The summed E-state index contributed by atoms with van der Waals surface area (Å²) in [7, 11) is 0. The van der Waals surface area contributed by atoms with Crippen molar-refractivity contribution in [1.29, 1.82) is 0 Å². The van der Waals surface area contributed by atoms with Gasteiger partial charge >= 0.3 is 0 Å². The first-order valence-electron chi connectivity index (χ1n) is 7.39. The fourth-order valence-electron chi connectivity index (χ4n) is 2.39. The molecule has 0 radical (unpaired) electrons. The molecule has 0 aliphatic carbocycles. The van der Waals surface area contributed by atoms with Crippen molar-refractivity contribution in [2.24, 2.45) is 0 Å². The Hall–Kier alpha value is -1.98. The molecule has 0 aliphatic rings. The Morgan fingerprint density at radius 3 is 2.78 bits per heavy atom. The van der Waals surface area contributed by atoms with E-state index in [2.05, 4.69) is 48.8 Å². The summed E-state index contributed by atoms with van der Waals surface area (Å²) in [6.45, 7) is 6.34. The summed E-state index contributed by atoms with van der Waals surface area (Å²) in [5, 5.41) is 5.97. The quantitative estimate of drug-likeness (QED) is 0.740. The number of benzene rings is 1. The number of hydrogen-bond acceptors (Lipinski definition) is 4. The van der Waals surface area contributed by atoms with E-state index in [0.29, 0.717) is 6.54 Å². The minimum absolute atomic E-state index is 0.00857. The van der Waals surface area contributed by atoms with Crippen LogP contribution in [0.3, 0.4) is 0 Å². The number of aromatic nitrogens is 1. The van der Waals surface area contributed by atoms with Crippen LogP contribution in [0.1, 0.15) is 22.9 Å². The molecule has 1 aromatic carbocycles. The first-order valence-corrected chi connectivity index (χ1v) is 9.09. The summed E-state index contributed by atoms with van der Waals surface area (Å²) >= 11 is 3.34. The molecule has 118 valence electrons. The third kappa shape index (κ3) is 3.68. The SMILES string of the molecule is CC(=O)NCc1ccc(-c2csc(-c3ccc(C)cc3C)n2)s1. The zero-order valence-electron chi connectivity index (χ0n) is 13.3. The number of carbonyl (C=O) groups excluding carboxylic acids is 1. The minimum atomic E-state index is -0.00857. The molecule has 0 saturated heterocycles. The van der Waals surface area contributed by atoms with Gasteiger partial charge in [0, 0.05) is 22.7 Å². The molecule has 2 aromatic heterocycles. The Kier molecular flexibility index (Phi) is 4.59. The largest absolute Gasteiger partial charge is 0.351 e. The first kappa shape index (κ1) is 15.9. The maximum atomic E-state index is 11.0. The number of amides is 1. The molecule has 0 bridgehead atoms. The number of nitrogens with one attached hydrogen (secondary N) is 1. The van der Waals surface area contributed by atoms with E-state index >= 15 is 0 Å². The van der Waals surface area contributed by atoms with Gasteiger partial charge in [0.1, 0.15) is 5.01 Å². The van der Waals surface area contributed by atoms with Crippen molar-refractivity contribution < 1.29 is 4.79 Å². The van der Waals surface area contributed by atoms with Gasteiger partial charge in [0.05, 0.1) is 17.1 Å². The van der Waals surface area contributed by atoms with Gasteiger partial charge in [-0.15, -0.1) is 22.7 Å². The number of rotatable bonds is 4. The molecule has 0 unspecified atom stereocenters. The van der Waals surface area contributed by atoms with E-state index in [-0.39, 0.29) is 5.91 Å². The molecule has 3 aromatic rings. The predicted molar refractivity (Wildman–Crippen MR) is 97.9 cm³/mol. The van der Waals surface area contributed by atoms with Crippen LogP contribution in [0.15, 0.2) is 35.7 Å². The molecule has 0 fully saturated rings. The van der Waals surface area contributed by atoms with Crippen LogP contribution in [0.2, 0.25) is 0 Å². The lowest BCUT2D eigenvalue weighted by Gasteiger charge is -2.03. The molecule has 23 heavy (non-hydrogen) atoms. The van der Waals surface area contributed by atoms with E-state index in [1.165, 1.54) is 23.6 Å². The highest BCUT2D eigenvalue weighted by atomic mass is 32.1. The molecule has 2 heterocycles. The maximum absolute atomic E-state index is 11.0. The van der Waals surface area contributed by atoms with Crippen molar-refractivity contribution in [2.45, 2.75) is 27.3 Å². The van der Waals surface area contributed by atoms with Gasteiger partial charge in [-0.1, -0.05) is 23.8 Å². The van der Waals surface area contributed by atoms with E-state index in [1.807, 2.05) is 6.07 Å². The third-order valence-electron chi connectivity index (χ3n) is 3.54. The Morgan fingerprint density at radius 1 is 1.22 bits per heavy atom. The molecule has 3 rings (SSSR count). The molecule has 5 heteroatoms. The second kappa shape index (κ2) is 6.64. The van der Waals surface area contributed by atoms with E-state index in [1.54, 1.807) is 22.7 Å². The topological polar surface area (TPSA) is 42.0 Å². The summed E-state index contributed by atoms with van der Waals surface area (Å²) in [5.74, 6) is -0.00857. The average Bonchev–Trinajstić information content (AvgIpc) is 3.14.